The Morgan fingerprint density at radius 1 is 1.24 bits per heavy atom. The van der Waals surface area contributed by atoms with Crippen LogP contribution in [-0.2, 0) is 4.79 Å². The summed E-state index contributed by atoms with van der Waals surface area (Å²) in [6.07, 6.45) is 3.42. The quantitative estimate of drug-likeness (QED) is 0.827. The lowest BCUT2D eigenvalue weighted by Crippen LogP contribution is -2.47. The molecule has 1 amide bonds. The fourth-order valence-corrected chi connectivity index (χ4v) is 3.08. The average Bonchev–Trinajstić information content (AvgIpc) is 2.47. The van der Waals surface area contributed by atoms with Crippen molar-refractivity contribution in [3.63, 3.8) is 0 Å². The fraction of sp³-hybridized carbons (Fsp3) is 0.611. The van der Waals surface area contributed by atoms with Crippen LogP contribution in [0.15, 0.2) is 30.3 Å². The number of para-hydroxylation sites is 1. The molecule has 1 heterocycles. The second-order valence-electron chi connectivity index (χ2n) is 6.48. The summed E-state index contributed by atoms with van der Waals surface area (Å²) >= 11 is 0. The number of carbonyl (C=O) groups excluding carboxylic acids is 1. The predicted molar refractivity (Wildman–Crippen MR) is 88.5 cm³/mol. The molecule has 0 saturated carbocycles. The molecule has 3 heteroatoms. The largest absolute Gasteiger partial charge is 0.310 e. The molecule has 0 bridgehead atoms. The Labute approximate surface area is 128 Å². The van der Waals surface area contributed by atoms with Crippen LogP contribution in [0.25, 0.3) is 0 Å². The molecule has 0 radical (unpaired) electrons. The molecule has 2 rings (SSSR count). The molecule has 1 aliphatic heterocycles. The standard InChI is InChI=1S/C18H28N2O/c1-15(2)9-12-19-13-10-18(11-14-19)20(16(3)21)17-7-5-4-6-8-17/h4-8,15,18H,9-14H2,1-3H3. The molecule has 1 aromatic carbocycles. The number of hydrogen-bond donors (Lipinski definition) is 0. The number of hydrogen-bond acceptors (Lipinski definition) is 2. The smallest absolute Gasteiger partial charge is 0.224 e. The molecule has 21 heavy (non-hydrogen) atoms. The van der Waals surface area contributed by atoms with Gasteiger partial charge in [-0.05, 0) is 43.9 Å². The number of piperidine rings is 1. The number of likely N-dealkylation sites (tertiary alicyclic amines) is 1. The van der Waals surface area contributed by atoms with Gasteiger partial charge >= 0.3 is 0 Å². The summed E-state index contributed by atoms with van der Waals surface area (Å²) < 4.78 is 0. The molecule has 0 atom stereocenters. The first-order chi connectivity index (χ1) is 10.1. The molecule has 116 valence electrons. The van der Waals surface area contributed by atoms with E-state index in [-0.39, 0.29) is 5.91 Å². The van der Waals surface area contributed by atoms with Crippen LogP contribution in [0.1, 0.15) is 40.0 Å². The number of amides is 1. The Bertz CT molecular complexity index is 436. The van der Waals surface area contributed by atoms with Crippen molar-refractivity contribution in [1.82, 2.24) is 4.90 Å². The van der Waals surface area contributed by atoms with Crippen LogP contribution in [0.5, 0.6) is 0 Å². The summed E-state index contributed by atoms with van der Waals surface area (Å²) in [7, 11) is 0. The average molecular weight is 288 g/mol. The maximum absolute atomic E-state index is 12.1. The molecular formula is C18H28N2O. The van der Waals surface area contributed by atoms with Crippen molar-refractivity contribution in [3.8, 4) is 0 Å². The van der Waals surface area contributed by atoms with Gasteiger partial charge < -0.3 is 9.80 Å². The van der Waals surface area contributed by atoms with Gasteiger partial charge in [0.05, 0.1) is 0 Å². The Morgan fingerprint density at radius 2 is 1.86 bits per heavy atom. The summed E-state index contributed by atoms with van der Waals surface area (Å²) in [6.45, 7) is 9.63. The van der Waals surface area contributed by atoms with Gasteiger partial charge in [0.25, 0.3) is 0 Å². The van der Waals surface area contributed by atoms with Crippen LogP contribution in [-0.4, -0.2) is 36.5 Å². The van der Waals surface area contributed by atoms with Crippen molar-refractivity contribution in [1.29, 1.82) is 0 Å². The van der Waals surface area contributed by atoms with E-state index in [1.54, 1.807) is 6.92 Å². The van der Waals surface area contributed by atoms with Gasteiger partial charge in [0.1, 0.15) is 0 Å². The lowest BCUT2D eigenvalue weighted by atomic mass is 10.0. The molecule has 1 saturated heterocycles. The summed E-state index contributed by atoms with van der Waals surface area (Å²) in [5.74, 6) is 0.919. The molecule has 1 aromatic rings. The van der Waals surface area contributed by atoms with E-state index in [9.17, 15) is 4.79 Å². The summed E-state index contributed by atoms with van der Waals surface area (Å²) in [6, 6.07) is 10.4. The van der Waals surface area contributed by atoms with E-state index in [4.69, 9.17) is 0 Å². The maximum atomic E-state index is 12.1. The van der Waals surface area contributed by atoms with Crippen LogP contribution >= 0.6 is 0 Å². The predicted octanol–water partition coefficient (Wildman–Crippen LogP) is 3.55. The molecule has 0 aliphatic carbocycles. The highest BCUT2D eigenvalue weighted by Gasteiger charge is 2.27. The van der Waals surface area contributed by atoms with Gasteiger partial charge in [0, 0.05) is 31.7 Å². The minimum absolute atomic E-state index is 0.154. The molecule has 0 aromatic heterocycles. The normalized spacial score (nSPS) is 17.1. The molecule has 0 spiro atoms. The van der Waals surface area contributed by atoms with Crippen molar-refractivity contribution < 1.29 is 4.79 Å². The van der Waals surface area contributed by atoms with Crippen molar-refractivity contribution >= 4 is 11.6 Å². The van der Waals surface area contributed by atoms with Crippen LogP contribution in [0.3, 0.4) is 0 Å². The van der Waals surface area contributed by atoms with Crippen LogP contribution < -0.4 is 4.90 Å². The summed E-state index contributed by atoms with van der Waals surface area (Å²) in [4.78, 5) is 16.6. The topological polar surface area (TPSA) is 23.6 Å². The third kappa shape index (κ3) is 4.57. The maximum Gasteiger partial charge on any atom is 0.224 e. The van der Waals surface area contributed by atoms with E-state index >= 15 is 0 Å². The van der Waals surface area contributed by atoms with Gasteiger partial charge in [0.15, 0.2) is 0 Å². The number of anilines is 1. The van der Waals surface area contributed by atoms with Crippen LogP contribution in [0.4, 0.5) is 5.69 Å². The SMILES string of the molecule is CC(=O)N(c1ccccc1)C1CCN(CCC(C)C)CC1. The lowest BCUT2D eigenvalue weighted by Gasteiger charge is -2.38. The second-order valence-corrected chi connectivity index (χ2v) is 6.48. The molecule has 1 fully saturated rings. The van der Waals surface area contributed by atoms with Gasteiger partial charge in [0.2, 0.25) is 5.91 Å². The first-order valence-corrected chi connectivity index (χ1v) is 8.15. The Morgan fingerprint density at radius 3 is 2.38 bits per heavy atom. The highest BCUT2D eigenvalue weighted by molar-refractivity contribution is 5.92. The molecule has 3 nitrogen and oxygen atoms in total. The van der Waals surface area contributed by atoms with Crippen LogP contribution in [0.2, 0.25) is 0 Å². The second kappa shape index (κ2) is 7.60. The monoisotopic (exact) mass is 288 g/mol. The number of rotatable bonds is 5. The van der Waals surface area contributed by atoms with Gasteiger partial charge in [-0.25, -0.2) is 0 Å². The van der Waals surface area contributed by atoms with E-state index in [0.29, 0.717) is 6.04 Å². The third-order valence-electron chi connectivity index (χ3n) is 4.32. The summed E-state index contributed by atoms with van der Waals surface area (Å²) in [5.41, 5.74) is 1.03. The van der Waals surface area contributed by atoms with Gasteiger partial charge in [-0.1, -0.05) is 32.0 Å². The van der Waals surface area contributed by atoms with Crippen molar-refractivity contribution in [2.75, 3.05) is 24.5 Å². The zero-order chi connectivity index (χ0) is 15.2. The van der Waals surface area contributed by atoms with Crippen molar-refractivity contribution in [3.05, 3.63) is 30.3 Å². The Kier molecular flexibility index (Phi) is 5.80. The molecule has 0 N–H and O–H groups in total. The van der Waals surface area contributed by atoms with E-state index in [0.717, 1.165) is 37.5 Å². The highest BCUT2D eigenvalue weighted by Crippen LogP contribution is 2.24. The number of carbonyl (C=O) groups is 1. The van der Waals surface area contributed by atoms with Gasteiger partial charge in [-0.2, -0.15) is 0 Å². The first-order valence-electron chi connectivity index (χ1n) is 8.15. The van der Waals surface area contributed by atoms with Crippen molar-refractivity contribution in [2.45, 2.75) is 46.1 Å². The van der Waals surface area contributed by atoms with Crippen molar-refractivity contribution in [2.24, 2.45) is 5.92 Å². The van der Waals surface area contributed by atoms with E-state index in [1.807, 2.05) is 35.2 Å². The zero-order valence-corrected chi connectivity index (χ0v) is 13.6. The number of benzene rings is 1. The highest BCUT2D eigenvalue weighted by atomic mass is 16.2. The van der Waals surface area contributed by atoms with E-state index < -0.39 is 0 Å². The Hall–Kier alpha value is -1.35. The van der Waals surface area contributed by atoms with E-state index in [2.05, 4.69) is 18.7 Å². The first kappa shape index (κ1) is 16.0. The van der Waals surface area contributed by atoms with Gasteiger partial charge in [-0.15, -0.1) is 0 Å². The number of nitrogens with zero attached hydrogens (tertiary/aromatic N) is 2. The lowest BCUT2D eigenvalue weighted by molar-refractivity contribution is -0.117. The van der Waals surface area contributed by atoms with Gasteiger partial charge in [-0.3, -0.25) is 4.79 Å². The fourth-order valence-electron chi connectivity index (χ4n) is 3.08. The Balaban J connectivity index is 1.94. The third-order valence-corrected chi connectivity index (χ3v) is 4.32. The molecular weight excluding hydrogens is 260 g/mol. The minimum Gasteiger partial charge on any atom is -0.310 e. The van der Waals surface area contributed by atoms with E-state index in [1.165, 1.54) is 13.0 Å². The van der Waals surface area contributed by atoms with Crippen LogP contribution in [0, 0.1) is 5.92 Å². The molecule has 0 unspecified atom stereocenters. The zero-order valence-electron chi connectivity index (χ0n) is 13.6. The minimum atomic E-state index is 0.154. The summed E-state index contributed by atoms with van der Waals surface area (Å²) in [5, 5.41) is 0. The molecule has 1 aliphatic rings.